The molecule has 0 saturated carbocycles. The number of carboxylic acid groups (broad SMARTS) is 1. The van der Waals surface area contributed by atoms with Crippen LogP contribution in [0, 0.1) is 0 Å². The average Bonchev–Trinajstić information content (AvgIpc) is 3.48. The molecule has 8 nitrogen and oxygen atoms in total. The van der Waals surface area contributed by atoms with Crippen LogP contribution >= 0.6 is 11.8 Å². The Morgan fingerprint density at radius 3 is 2.26 bits per heavy atom. The summed E-state index contributed by atoms with van der Waals surface area (Å²) >= 11 is 1.47. The van der Waals surface area contributed by atoms with Crippen molar-refractivity contribution in [2.24, 2.45) is 0 Å². The Kier molecular flexibility index (Phi) is 6.97. The van der Waals surface area contributed by atoms with E-state index in [0.717, 1.165) is 0 Å². The Hall–Kier alpha value is -3.04. The number of carbonyl (C=O) groups excluding carboxylic acids is 2. The van der Waals surface area contributed by atoms with Gasteiger partial charge in [-0.1, -0.05) is 48.5 Å². The van der Waals surface area contributed by atoms with Crippen molar-refractivity contribution in [1.82, 2.24) is 15.1 Å². The monoisotopic (exact) mass is 495 g/mol. The van der Waals surface area contributed by atoms with Gasteiger partial charge in [-0.3, -0.25) is 9.69 Å². The molecule has 5 rings (SSSR count). The molecule has 2 heterocycles. The first-order chi connectivity index (χ1) is 17.0. The second kappa shape index (κ2) is 10.3. The van der Waals surface area contributed by atoms with Gasteiger partial charge in [0.25, 0.3) is 0 Å². The number of carbonyl (C=O) groups is 3. The Morgan fingerprint density at radius 2 is 1.63 bits per heavy atom. The number of fused-ring (bicyclic) bond motifs is 3. The zero-order chi connectivity index (χ0) is 24.4. The van der Waals surface area contributed by atoms with E-state index in [1.54, 1.807) is 0 Å². The van der Waals surface area contributed by atoms with Crippen molar-refractivity contribution in [3.05, 3.63) is 59.7 Å². The molecule has 0 spiro atoms. The van der Waals surface area contributed by atoms with Crippen LogP contribution in [-0.2, 0) is 14.3 Å². The second-order valence-corrected chi connectivity index (χ2v) is 10.2. The largest absolute Gasteiger partial charge is 0.480 e. The number of amides is 2. The minimum Gasteiger partial charge on any atom is -0.480 e. The normalized spacial score (nSPS) is 20.3. The quantitative estimate of drug-likeness (QED) is 0.636. The lowest BCUT2D eigenvalue weighted by atomic mass is 9.98. The Morgan fingerprint density at radius 1 is 1.00 bits per heavy atom. The third-order valence-corrected chi connectivity index (χ3v) is 8.11. The summed E-state index contributed by atoms with van der Waals surface area (Å²) in [5.74, 6) is -0.206. The molecule has 3 aliphatic rings. The highest BCUT2D eigenvalue weighted by Gasteiger charge is 2.35. The number of carboxylic acids is 1. The predicted molar refractivity (Wildman–Crippen MR) is 133 cm³/mol. The fraction of sp³-hybridized carbons (Fsp3) is 0.423. The molecule has 9 heteroatoms. The van der Waals surface area contributed by atoms with E-state index in [1.807, 2.05) is 29.2 Å². The molecule has 2 aromatic carbocycles. The van der Waals surface area contributed by atoms with Crippen molar-refractivity contribution in [2.75, 3.05) is 37.9 Å². The predicted octanol–water partition coefficient (Wildman–Crippen LogP) is 2.98. The standard InChI is InChI=1S/C26H29N3O5S/c30-24(29-16-35-15-23(29)25(31)32)13-28-11-9-17(10-12-28)27-26(33)34-14-22-20-7-3-1-5-18(20)19-6-2-4-8-21(19)22/h1-8,17,22-23H,9-16H2,(H,27,33)(H,31,32). The molecule has 2 N–H and O–H groups in total. The van der Waals surface area contributed by atoms with Crippen LogP contribution in [-0.4, -0.2) is 82.8 Å². The molecule has 2 fully saturated rings. The lowest BCUT2D eigenvalue weighted by Gasteiger charge is -2.33. The van der Waals surface area contributed by atoms with Crippen LogP contribution in [0.2, 0.25) is 0 Å². The highest BCUT2D eigenvalue weighted by Crippen LogP contribution is 2.44. The van der Waals surface area contributed by atoms with Crippen LogP contribution in [0.5, 0.6) is 0 Å². The van der Waals surface area contributed by atoms with E-state index >= 15 is 0 Å². The van der Waals surface area contributed by atoms with E-state index < -0.39 is 18.1 Å². The van der Waals surface area contributed by atoms with E-state index in [-0.39, 0.29) is 31.0 Å². The summed E-state index contributed by atoms with van der Waals surface area (Å²) in [7, 11) is 0. The van der Waals surface area contributed by atoms with Crippen LogP contribution in [0.1, 0.15) is 29.9 Å². The number of rotatable bonds is 6. The summed E-state index contributed by atoms with van der Waals surface area (Å²) in [5.41, 5.74) is 4.75. The molecule has 1 aliphatic carbocycles. The van der Waals surface area contributed by atoms with Crippen molar-refractivity contribution in [3.63, 3.8) is 0 Å². The number of nitrogens with zero attached hydrogens (tertiary/aromatic N) is 2. The molecule has 1 unspecified atom stereocenters. The van der Waals surface area contributed by atoms with E-state index in [2.05, 4.69) is 29.6 Å². The van der Waals surface area contributed by atoms with Crippen molar-refractivity contribution >= 4 is 29.7 Å². The number of alkyl carbamates (subject to hydrolysis) is 1. The van der Waals surface area contributed by atoms with Gasteiger partial charge >= 0.3 is 12.1 Å². The van der Waals surface area contributed by atoms with Gasteiger partial charge in [0.1, 0.15) is 12.6 Å². The zero-order valence-corrected chi connectivity index (χ0v) is 20.2. The summed E-state index contributed by atoms with van der Waals surface area (Å²) in [6.45, 7) is 1.82. The molecule has 2 amide bonds. The summed E-state index contributed by atoms with van der Waals surface area (Å²) in [6, 6.07) is 15.7. The van der Waals surface area contributed by atoms with Crippen molar-refractivity contribution < 1.29 is 24.2 Å². The molecule has 184 valence electrons. The topological polar surface area (TPSA) is 99.2 Å². The van der Waals surface area contributed by atoms with Crippen molar-refractivity contribution in [3.8, 4) is 11.1 Å². The second-order valence-electron chi connectivity index (χ2n) is 9.24. The Balaban J connectivity index is 1.09. The number of nitrogens with one attached hydrogen (secondary N) is 1. The smallest absolute Gasteiger partial charge is 0.407 e. The zero-order valence-electron chi connectivity index (χ0n) is 19.4. The van der Waals surface area contributed by atoms with Gasteiger partial charge in [-0.05, 0) is 35.1 Å². The summed E-state index contributed by atoms with van der Waals surface area (Å²) in [4.78, 5) is 40.0. The molecule has 2 saturated heterocycles. The van der Waals surface area contributed by atoms with E-state index in [9.17, 15) is 19.5 Å². The Labute approximate surface area is 208 Å². The molecule has 2 aromatic rings. The van der Waals surface area contributed by atoms with Crippen LogP contribution in [0.3, 0.4) is 0 Å². The van der Waals surface area contributed by atoms with E-state index in [0.29, 0.717) is 37.6 Å². The van der Waals surface area contributed by atoms with Crippen LogP contribution in [0.15, 0.2) is 48.5 Å². The number of aliphatic carboxylic acids is 1. The summed E-state index contributed by atoms with van der Waals surface area (Å²) < 4.78 is 5.65. The first-order valence-electron chi connectivity index (χ1n) is 11.9. The van der Waals surface area contributed by atoms with Crippen LogP contribution < -0.4 is 5.32 Å². The number of hydrogen-bond donors (Lipinski definition) is 2. The summed E-state index contributed by atoms with van der Waals surface area (Å²) in [6.07, 6.45) is 1.02. The molecule has 1 atom stereocenters. The highest BCUT2D eigenvalue weighted by molar-refractivity contribution is 7.99. The maximum Gasteiger partial charge on any atom is 0.407 e. The molecular weight excluding hydrogens is 466 g/mol. The highest BCUT2D eigenvalue weighted by atomic mass is 32.2. The number of thioether (sulfide) groups is 1. The van der Waals surface area contributed by atoms with Gasteiger partial charge in [0.15, 0.2) is 0 Å². The van der Waals surface area contributed by atoms with E-state index in [1.165, 1.54) is 38.9 Å². The molecule has 2 aliphatic heterocycles. The third-order valence-electron chi connectivity index (χ3n) is 7.10. The van der Waals surface area contributed by atoms with Gasteiger partial charge in [0.2, 0.25) is 5.91 Å². The van der Waals surface area contributed by atoms with Crippen LogP contribution in [0.25, 0.3) is 11.1 Å². The van der Waals surface area contributed by atoms with Gasteiger partial charge in [0.05, 0.1) is 12.4 Å². The summed E-state index contributed by atoms with van der Waals surface area (Å²) in [5, 5.41) is 12.3. The lowest BCUT2D eigenvalue weighted by Crippen LogP contribution is -2.50. The van der Waals surface area contributed by atoms with Gasteiger partial charge in [-0.2, -0.15) is 0 Å². The molecule has 0 bridgehead atoms. The number of likely N-dealkylation sites (tertiary alicyclic amines) is 1. The van der Waals surface area contributed by atoms with Crippen molar-refractivity contribution in [1.29, 1.82) is 0 Å². The molecule has 0 aromatic heterocycles. The number of piperidine rings is 1. The molecule has 0 radical (unpaired) electrons. The fourth-order valence-corrected chi connectivity index (χ4v) is 6.39. The minimum atomic E-state index is -0.950. The first kappa shape index (κ1) is 23.7. The van der Waals surface area contributed by atoms with E-state index in [4.69, 9.17) is 4.74 Å². The van der Waals surface area contributed by atoms with Crippen molar-refractivity contribution in [2.45, 2.75) is 30.8 Å². The van der Waals surface area contributed by atoms with Crippen LogP contribution in [0.4, 0.5) is 4.79 Å². The van der Waals surface area contributed by atoms with Gasteiger partial charge in [0, 0.05) is 30.8 Å². The maximum absolute atomic E-state index is 12.6. The number of benzene rings is 2. The fourth-order valence-electron chi connectivity index (χ4n) is 5.22. The first-order valence-corrected chi connectivity index (χ1v) is 13.1. The minimum absolute atomic E-state index is 0.00823. The third kappa shape index (κ3) is 5.01. The average molecular weight is 496 g/mol. The van der Waals surface area contributed by atoms with Gasteiger partial charge in [-0.15, -0.1) is 11.8 Å². The van der Waals surface area contributed by atoms with Gasteiger partial charge in [-0.25, -0.2) is 9.59 Å². The SMILES string of the molecule is O=C(NC1CCN(CC(=O)N2CSCC2C(=O)O)CC1)OCC1c2ccccc2-c2ccccc21. The molecular formula is C26H29N3O5S. The van der Waals surface area contributed by atoms with Gasteiger partial charge < -0.3 is 20.1 Å². The molecule has 35 heavy (non-hydrogen) atoms. The number of ether oxygens (including phenoxy) is 1. The number of hydrogen-bond acceptors (Lipinski definition) is 6. The lowest BCUT2D eigenvalue weighted by molar-refractivity contribution is -0.148. The maximum atomic E-state index is 12.6. The Bertz CT molecular complexity index is 1070.